The Bertz CT molecular complexity index is 829. The lowest BCUT2D eigenvalue weighted by atomic mass is 10.1. The van der Waals surface area contributed by atoms with Gasteiger partial charge in [0.1, 0.15) is 0 Å². The zero-order chi connectivity index (χ0) is 14.8. The predicted octanol–water partition coefficient (Wildman–Crippen LogP) is 3.66. The normalized spacial score (nSPS) is 11.3. The number of imidazole rings is 1. The Morgan fingerprint density at radius 1 is 1.33 bits per heavy atom. The number of anilines is 1. The quantitative estimate of drug-likeness (QED) is 0.750. The summed E-state index contributed by atoms with van der Waals surface area (Å²) in [7, 11) is 0. The first-order valence-electron chi connectivity index (χ1n) is 6.60. The van der Waals surface area contributed by atoms with Gasteiger partial charge in [0.15, 0.2) is 4.96 Å². The number of hydrogen-bond acceptors (Lipinski definition) is 3. The smallest absolute Gasteiger partial charge is 0.248 e. The lowest BCUT2D eigenvalue weighted by Crippen LogP contribution is -2.08. The van der Waals surface area contributed by atoms with Crippen LogP contribution in [0.25, 0.3) is 11.0 Å². The monoisotopic (exact) mass is 297 g/mol. The largest absolute Gasteiger partial charge is 0.323 e. The van der Waals surface area contributed by atoms with Crippen molar-refractivity contribution in [2.45, 2.75) is 13.8 Å². The third kappa shape index (κ3) is 2.87. The van der Waals surface area contributed by atoms with Crippen LogP contribution in [0.1, 0.15) is 16.8 Å². The fraction of sp³-hybridized carbons (Fsp3) is 0.125. The maximum Gasteiger partial charge on any atom is 0.248 e. The summed E-state index contributed by atoms with van der Waals surface area (Å²) in [5.74, 6) is -0.150. The number of fused-ring (bicyclic) bond motifs is 1. The number of nitrogens with zero attached hydrogens (tertiary/aromatic N) is 2. The van der Waals surface area contributed by atoms with Gasteiger partial charge in [-0.25, -0.2) is 4.98 Å². The minimum atomic E-state index is -0.150. The molecule has 0 atom stereocenters. The molecule has 0 aliphatic carbocycles. The van der Waals surface area contributed by atoms with E-state index in [4.69, 9.17) is 0 Å². The van der Waals surface area contributed by atoms with Gasteiger partial charge in [-0.05, 0) is 43.2 Å². The third-order valence-corrected chi connectivity index (χ3v) is 4.13. The molecule has 1 aromatic carbocycles. The van der Waals surface area contributed by atoms with E-state index in [0.29, 0.717) is 0 Å². The van der Waals surface area contributed by atoms with E-state index in [2.05, 4.69) is 10.3 Å². The van der Waals surface area contributed by atoms with Crippen LogP contribution in [0.15, 0.2) is 42.0 Å². The molecule has 0 aliphatic rings. The van der Waals surface area contributed by atoms with E-state index in [1.165, 1.54) is 11.6 Å². The summed E-state index contributed by atoms with van der Waals surface area (Å²) < 4.78 is 1.95. The van der Waals surface area contributed by atoms with E-state index >= 15 is 0 Å². The van der Waals surface area contributed by atoms with Crippen molar-refractivity contribution in [3.8, 4) is 0 Å². The Kier molecular flexibility index (Phi) is 3.58. The summed E-state index contributed by atoms with van der Waals surface area (Å²) in [6.45, 7) is 4.08. The Hall–Kier alpha value is -2.40. The summed E-state index contributed by atoms with van der Waals surface area (Å²) >= 11 is 1.57. The number of benzene rings is 1. The molecule has 1 amide bonds. The van der Waals surface area contributed by atoms with Crippen molar-refractivity contribution in [3.05, 3.63) is 58.9 Å². The summed E-state index contributed by atoms with van der Waals surface area (Å²) in [6.07, 6.45) is 6.99. The van der Waals surface area contributed by atoms with Gasteiger partial charge >= 0.3 is 0 Å². The fourth-order valence-corrected chi connectivity index (χ4v) is 2.73. The van der Waals surface area contributed by atoms with Gasteiger partial charge in [0.05, 0.1) is 11.9 Å². The zero-order valence-corrected chi connectivity index (χ0v) is 12.6. The van der Waals surface area contributed by atoms with Crippen LogP contribution in [0.4, 0.5) is 5.69 Å². The number of amides is 1. The van der Waals surface area contributed by atoms with Gasteiger partial charge in [-0.15, -0.1) is 11.3 Å². The second-order valence-corrected chi connectivity index (χ2v) is 5.73. The van der Waals surface area contributed by atoms with Crippen molar-refractivity contribution in [1.82, 2.24) is 9.38 Å². The van der Waals surface area contributed by atoms with Crippen LogP contribution >= 0.6 is 11.3 Å². The molecule has 4 nitrogen and oxygen atoms in total. The lowest BCUT2D eigenvalue weighted by molar-refractivity contribution is -0.111. The minimum absolute atomic E-state index is 0.150. The average molecular weight is 297 g/mol. The van der Waals surface area contributed by atoms with Gasteiger partial charge in [-0.3, -0.25) is 9.20 Å². The topological polar surface area (TPSA) is 46.4 Å². The van der Waals surface area contributed by atoms with E-state index in [0.717, 1.165) is 21.9 Å². The van der Waals surface area contributed by atoms with E-state index < -0.39 is 0 Å². The van der Waals surface area contributed by atoms with Crippen LogP contribution in [0.3, 0.4) is 0 Å². The molecule has 106 valence electrons. The molecule has 0 bridgehead atoms. The molecule has 0 fully saturated rings. The Balaban J connectivity index is 1.72. The molecule has 1 N–H and O–H groups in total. The number of carbonyl (C=O) groups excluding carboxylic acids is 1. The van der Waals surface area contributed by atoms with Crippen molar-refractivity contribution < 1.29 is 4.79 Å². The number of nitrogens with one attached hydrogen (secondary N) is 1. The Labute approximate surface area is 126 Å². The number of hydrogen-bond donors (Lipinski definition) is 1. The summed E-state index contributed by atoms with van der Waals surface area (Å²) in [5, 5.41) is 4.83. The first-order chi connectivity index (χ1) is 10.1. The number of aromatic nitrogens is 2. The first-order valence-corrected chi connectivity index (χ1v) is 7.48. The maximum atomic E-state index is 12.0. The van der Waals surface area contributed by atoms with Crippen molar-refractivity contribution in [1.29, 1.82) is 0 Å². The zero-order valence-electron chi connectivity index (χ0n) is 11.8. The highest BCUT2D eigenvalue weighted by atomic mass is 32.1. The van der Waals surface area contributed by atoms with Crippen LogP contribution in [-0.2, 0) is 4.79 Å². The van der Waals surface area contributed by atoms with Gasteiger partial charge in [0.2, 0.25) is 5.91 Å². The fourth-order valence-electron chi connectivity index (χ4n) is 2.03. The number of thiazole rings is 1. The third-order valence-electron chi connectivity index (χ3n) is 3.35. The van der Waals surface area contributed by atoms with Crippen molar-refractivity contribution in [2.75, 3.05) is 5.32 Å². The summed E-state index contributed by atoms with van der Waals surface area (Å²) in [6, 6.07) is 5.88. The molecule has 5 heteroatoms. The molecule has 0 unspecified atom stereocenters. The first kappa shape index (κ1) is 13.6. The number of aryl methyl sites for hydroxylation is 2. The number of rotatable bonds is 3. The summed E-state index contributed by atoms with van der Waals surface area (Å²) in [4.78, 5) is 17.1. The molecule has 2 heterocycles. The van der Waals surface area contributed by atoms with Crippen LogP contribution in [0, 0.1) is 13.8 Å². The van der Waals surface area contributed by atoms with Crippen molar-refractivity contribution in [3.63, 3.8) is 0 Å². The molecule has 0 spiro atoms. The standard InChI is InChI=1S/C16H15N3OS/c1-11-3-4-13(9-12(11)2)18-15(20)6-5-14-10-17-16-19(14)7-8-21-16/h3-10H,1-2H3,(H,18,20)/b6-5+. The Morgan fingerprint density at radius 3 is 3.00 bits per heavy atom. The maximum absolute atomic E-state index is 12.0. The predicted molar refractivity (Wildman–Crippen MR) is 86.6 cm³/mol. The van der Waals surface area contributed by atoms with E-state index in [1.807, 2.05) is 48.0 Å². The molecule has 21 heavy (non-hydrogen) atoms. The van der Waals surface area contributed by atoms with Crippen LogP contribution in [0.2, 0.25) is 0 Å². The lowest BCUT2D eigenvalue weighted by Gasteiger charge is -2.05. The number of carbonyl (C=O) groups is 1. The second kappa shape index (κ2) is 5.54. The van der Waals surface area contributed by atoms with E-state index in [-0.39, 0.29) is 5.91 Å². The average Bonchev–Trinajstić information content (AvgIpc) is 3.04. The van der Waals surface area contributed by atoms with Gasteiger partial charge in [-0.1, -0.05) is 6.07 Å². The van der Waals surface area contributed by atoms with E-state index in [9.17, 15) is 4.79 Å². The van der Waals surface area contributed by atoms with Crippen LogP contribution in [0.5, 0.6) is 0 Å². The van der Waals surface area contributed by atoms with Crippen molar-refractivity contribution >= 4 is 34.0 Å². The van der Waals surface area contributed by atoms with Crippen molar-refractivity contribution in [2.24, 2.45) is 0 Å². The molecule has 0 saturated heterocycles. The van der Waals surface area contributed by atoms with Crippen LogP contribution in [-0.4, -0.2) is 15.3 Å². The molecule has 3 rings (SSSR count). The van der Waals surface area contributed by atoms with Gasteiger partial charge in [0, 0.05) is 23.3 Å². The van der Waals surface area contributed by atoms with Gasteiger partial charge in [-0.2, -0.15) is 0 Å². The van der Waals surface area contributed by atoms with Gasteiger partial charge in [0.25, 0.3) is 0 Å². The highest BCUT2D eigenvalue weighted by molar-refractivity contribution is 7.15. The SMILES string of the molecule is Cc1ccc(NC(=O)/C=C/c2cnc3sccn23)cc1C. The molecule has 3 aromatic rings. The molecular weight excluding hydrogens is 282 g/mol. The summed E-state index contributed by atoms with van der Waals surface area (Å²) in [5.41, 5.74) is 4.07. The Morgan fingerprint density at radius 2 is 2.19 bits per heavy atom. The second-order valence-electron chi connectivity index (χ2n) is 4.86. The molecular formula is C16H15N3OS. The molecule has 0 radical (unpaired) electrons. The molecule has 0 aliphatic heterocycles. The highest BCUT2D eigenvalue weighted by Crippen LogP contribution is 2.15. The molecule has 0 saturated carbocycles. The molecule has 2 aromatic heterocycles. The van der Waals surface area contributed by atoms with Crippen LogP contribution < -0.4 is 5.32 Å². The highest BCUT2D eigenvalue weighted by Gasteiger charge is 2.03. The van der Waals surface area contributed by atoms with E-state index in [1.54, 1.807) is 23.6 Å². The minimum Gasteiger partial charge on any atom is -0.323 e. The van der Waals surface area contributed by atoms with Gasteiger partial charge < -0.3 is 5.32 Å².